The van der Waals surface area contributed by atoms with Crippen molar-refractivity contribution in [1.29, 1.82) is 0 Å². The molecule has 1 fully saturated rings. The Morgan fingerprint density at radius 2 is 2.10 bits per heavy atom. The summed E-state index contributed by atoms with van der Waals surface area (Å²) >= 11 is 0. The average Bonchev–Trinajstić information content (AvgIpc) is 3.31. The van der Waals surface area contributed by atoms with E-state index in [1.165, 1.54) is 6.42 Å². The highest BCUT2D eigenvalue weighted by Gasteiger charge is 2.32. The molecule has 1 unspecified atom stereocenters. The number of likely N-dealkylation sites (tertiary alicyclic amines) is 1. The number of hydrogen-bond acceptors (Lipinski definition) is 9. The minimum atomic E-state index is -0.0883. The summed E-state index contributed by atoms with van der Waals surface area (Å²) in [5, 5.41) is 0. The van der Waals surface area contributed by atoms with Crippen molar-refractivity contribution >= 4 is 17.5 Å². The zero-order valence-electron chi connectivity index (χ0n) is 17.9. The van der Waals surface area contributed by atoms with Gasteiger partial charge in [0.2, 0.25) is 11.8 Å². The average molecular weight is 428 g/mol. The zero-order chi connectivity index (χ0) is 21.8. The second-order valence-electron chi connectivity index (χ2n) is 7.78. The van der Waals surface area contributed by atoms with Gasteiger partial charge in [-0.25, -0.2) is 4.98 Å². The standard InChI is InChI=1S/C21H28N6O4/c1-26-7-3-4-15(26)13-31-17-6-5-14(11-23-17)12-27-18(28)10-16-19(22)24-21(25-20(16)27)30-9-8-29-2/h5-6,11,15H,3-4,7-10,12-13H2,1-2H3,(H2,22,24,25). The summed E-state index contributed by atoms with van der Waals surface area (Å²) in [5.74, 6) is 1.23. The van der Waals surface area contributed by atoms with Crippen LogP contribution in [-0.4, -0.2) is 72.3 Å². The molecular weight excluding hydrogens is 400 g/mol. The molecule has 1 amide bonds. The molecule has 0 radical (unpaired) electrons. The summed E-state index contributed by atoms with van der Waals surface area (Å²) in [5.41, 5.74) is 7.52. The van der Waals surface area contributed by atoms with Gasteiger partial charge >= 0.3 is 6.01 Å². The summed E-state index contributed by atoms with van der Waals surface area (Å²) < 4.78 is 16.3. The predicted octanol–water partition coefficient (Wildman–Crippen LogP) is 1.04. The molecule has 0 aliphatic carbocycles. The van der Waals surface area contributed by atoms with Crippen LogP contribution in [0.4, 0.5) is 11.6 Å². The Morgan fingerprint density at radius 1 is 1.23 bits per heavy atom. The van der Waals surface area contributed by atoms with Gasteiger partial charge in [0.05, 0.1) is 19.6 Å². The van der Waals surface area contributed by atoms with Gasteiger partial charge < -0.3 is 24.8 Å². The molecule has 1 atom stereocenters. The Bertz CT molecular complexity index is 923. The lowest BCUT2D eigenvalue weighted by Gasteiger charge is -2.19. The van der Waals surface area contributed by atoms with Crippen molar-refractivity contribution in [3.8, 4) is 11.9 Å². The van der Waals surface area contributed by atoms with Crippen LogP contribution in [0.2, 0.25) is 0 Å². The van der Waals surface area contributed by atoms with Gasteiger partial charge in [-0.3, -0.25) is 9.69 Å². The number of rotatable bonds is 9. The van der Waals surface area contributed by atoms with E-state index in [2.05, 4.69) is 26.9 Å². The molecule has 0 bridgehead atoms. The van der Waals surface area contributed by atoms with E-state index in [0.717, 1.165) is 18.5 Å². The van der Waals surface area contributed by atoms with Crippen LogP contribution >= 0.6 is 0 Å². The van der Waals surface area contributed by atoms with E-state index < -0.39 is 0 Å². The number of hydrogen-bond donors (Lipinski definition) is 1. The molecular formula is C21H28N6O4. The van der Waals surface area contributed by atoms with E-state index in [4.69, 9.17) is 19.9 Å². The van der Waals surface area contributed by atoms with Gasteiger partial charge in [-0.2, -0.15) is 9.97 Å². The third-order valence-corrected chi connectivity index (χ3v) is 5.63. The summed E-state index contributed by atoms with van der Waals surface area (Å²) in [7, 11) is 3.70. The van der Waals surface area contributed by atoms with Crippen LogP contribution in [-0.2, 0) is 22.5 Å². The van der Waals surface area contributed by atoms with Gasteiger partial charge in [0.25, 0.3) is 0 Å². The summed E-state index contributed by atoms with van der Waals surface area (Å²) in [6.07, 6.45) is 4.24. The van der Waals surface area contributed by atoms with Crippen molar-refractivity contribution < 1.29 is 19.0 Å². The number of nitrogen functional groups attached to an aromatic ring is 1. The number of ether oxygens (including phenoxy) is 3. The molecule has 2 N–H and O–H groups in total. The second-order valence-corrected chi connectivity index (χ2v) is 7.78. The number of amides is 1. The van der Waals surface area contributed by atoms with E-state index in [1.54, 1.807) is 18.2 Å². The number of carbonyl (C=O) groups is 1. The maximum atomic E-state index is 12.6. The van der Waals surface area contributed by atoms with Crippen molar-refractivity contribution in [2.45, 2.75) is 31.8 Å². The van der Waals surface area contributed by atoms with E-state index >= 15 is 0 Å². The Kier molecular flexibility index (Phi) is 6.47. The second kappa shape index (κ2) is 9.44. The van der Waals surface area contributed by atoms with Gasteiger partial charge in [0.1, 0.15) is 24.8 Å². The van der Waals surface area contributed by atoms with Crippen molar-refractivity contribution in [2.75, 3.05) is 51.2 Å². The minimum Gasteiger partial charge on any atom is -0.476 e. The van der Waals surface area contributed by atoms with Gasteiger partial charge in [0, 0.05) is 31.0 Å². The van der Waals surface area contributed by atoms with Gasteiger partial charge in [-0.15, -0.1) is 0 Å². The molecule has 0 spiro atoms. The number of likely N-dealkylation sites (N-methyl/N-ethyl adjacent to an activating group) is 1. The highest BCUT2D eigenvalue weighted by molar-refractivity contribution is 6.01. The topological polar surface area (TPSA) is 116 Å². The van der Waals surface area contributed by atoms with Crippen LogP contribution in [0.5, 0.6) is 11.9 Å². The number of nitrogens with two attached hydrogens (primary N) is 1. The predicted molar refractivity (Wildman–Crippen MR) is 114 cm³/mol. The number of fused-ring (bicyclic) bond motifs is 1. The van der Waals surface area contributed by atoms with Crippen molar-refractivity contribution in [3.05, 3.63) is 29.5 Å². The van der Waals surface area contributed by atoms with Gasteiger partial charge in [-0.05, 0) is 32.0 Å². The van der Waals surface area contributed by atoms with Crippen LogP contribution < -0.4 is 20.1 Å². The molecule has 10 heteroatoms. The molecule has 31 heavy (non-hydrogen) atoms. The zero-order valence-corrected chi connectivity index (χ0v) is 17.9. The highest BCUT2D eigenvalue weighted by atomic mass is 16.5. The lowest BCUT2D eigenvalue weighted by molar-refractivity contribution is -0.117. The Hall–Kier alpha value is -2.98. The summed E-state index contributed by atoms with van der Waals surface area (Å²) in [6.45, 7) is 2.77. The lowest BCUT2D eigenvalue weighted by atomic mass is 10.2. The smallest absolute Gasteiger partial charge is 0.320 e. The summed E-state index contributed by atoms with van der Waals surface area (Å²) in [6, 6.07) is 4.31. The number of aromatic nitrogens is 3. The fourth-order valence-electron chi connectivity index (χ4n) is 3.81. The van der Waals surface area contributed by atoms with Crippen LogP contribution in [0.3, 0.4) is 0 Å². The maximum Gasteiger partial charge on any atom is 0.320 e. The first-order valence-corrected chi connectivity index (χ1v) is 10.4. The first-order chi connectivity index (χ1) is 15.0. The maximum absolute atomic E-state index is 12.6. The molecule has 2 aliphatic rings. The third kappa shape index (κ3) is 4.86. The van der Waals surface area contributed by atoms with Crippen LogP contribution in [0.15, 0.2) is 18.3 Å². The highest BCUT2D eigenvalue weighted by Crippen LogP contribution is 2.33. The number of carbonyl (C=O) groups excluding carboxylic acids is 1. The number of methoxy groups -OCH3 is 1. The molecule has 4 heterocycles. The van der Waals surface area contributed by atoms with Crippen LogP contribution in [0.25, 0.3) is 0 Å². The van der Waals surface area contributed by atoms with Crippen LogP contribution in [0.1, 0.15) is 24.0 Å². The number of pyridine rings is 1. The normalized spacial score (nSPS) is 18.5. The van der Waals surface area contributed by atoms with Crippen molar-refractivity contribution in [3.63, 3.8) is 0 Å². The van der Waals surface area contributed by atoms with Crippen LogP contribution in [0, 0.1) is 0 Å². The van der Waals surface area contributed by atoms with Gasteiger partial charge in [-0.1, -0.05) is 6.07 Å². The fraction of sp³-hybridized carbons (Fsp3) is 0.524. The molecule has 10 nitrogen and oxygen atoms in total. The molecule has 1 saturated heterocycles. The first-order valence-electron chi connectivity index (χ1n) is 10.4. The quantitative estimate of drug-likeness (QED) is 0.585. The minimum absolute atomic E-state index is 0.0883. The lowest BCUT2D eigenvalue weighted by Crippen LogP contribution is -2.30. The van der Waals surface area contributed by atoms with Crippen molar-refractivity contribution in [1.82, 2.24) is 19.9 Å². The van der Waals surface area contributed by atoms with E-state index in [1.807, 2.05) is 12.1 Å². The third-order valence-electron chi connectivity index (χ3n) is 5.63. The van der Waals surface area contributed by atoms with Crippen molar-refractivity contribution in [2.24, 2.45) is 0 Å². The summed E-state index contributed by atoms with van der Waals surface area (Å²) in [4.78, 5) is 29.4. The van der Waals surface area contributed by atoms with E-state index in [-0.39, 0.29) is 24.2 Å². The largest absolute Gasteiger partial charge is 0.476 e. The molecule has 166 valence electrons. The first kappa shape index (κ1) is 21.3. The Morgan fingerprint density at radius 3 is 2.81 bits per heavy atom. The molecule has 4 rings (SSSR count). The molecule has 0 saturated carbocycles. The monoisotopic (exact) mass is 428 g/mol. The van der Waals surface area contributed by atoms with E-state index in [9.17, 15) is 4.79 Å². The molecule has 2 aromatic rings. The van der Waals surface area contributed by atoms with Gasteiger partial charge in [0.15, 0.2) is 0 Å². The van der Waals surface area contributed by atoms with E-state index in [0.29, 0.717) is 49.7 Å². The number of nitrogens with zero attached hydrogens (tertiary/aromatic N) is 5. The Balaban J connectivity index is 1.42. The molecule has 2 aliphatic heterocycles. The molecule has 2 aromatic heterocycles. The SMILES string of the molecule is COCCOc1nc(N)c2c(n1)N(Cc1ccc(OCC3CCCN3C)nc1)C(=O)C2. The number of anilines is 2. The molecule has 0 aromatic carbocycles. The Labute approximate surface area is 181 Å². The fourth-order valence-corrected chi connectivity index (χ4v) is 3.81.